The number of carboxylic acids is 2. The van der Waals surface area contributed by atoms with E-state index in [4.69, 9.17) is 5.11 Å². The molecule has 6 nitrogen and oxygen atoms in total. The highest BCUT2D eigenvalue weighted by Crippen LogP contribution is 2.25. The summed E-state index contributed by atoms with van der Waals surface area (Å²) in [5.41, 5.74) is -0.143. The number of carboxylic acid groups (broad SMARTS) is 2. The smallest absolute Gasteiger partial charge is 0.339 e. The van der Waals surface area contributed by atoms with Crippen molar-refractivity contribution in [2.75, 3.05) is 7.11 Å². The van der Waals surface area contributed by atoms with Gasteiger partial charge in [0.05, 0.1) is 23.8 Å². The van der Waals surface area contributed by atoms with Crippen molar-refractivity contribution in [2.24, 2.45) is 0 Å². The SMILES string of the molecule is CCc1cc(C(=O)O)c(C(=O)OC)c(C(=O)O)c1C. The summed E-state index contributed by atoms with van der Waals surface area (Å²) in [5.74, 6) is -3.69. The van der Waals surface area contributed by atoms with Crippen molar-refractivity contribution in [1.29, 1.82) is 0 Å². The molecule has 0 amide bonds. The van der Waals surface area contributed by atoms with Crippen LogP contribution in [0.3, 0.4) is 0 Å². The highest BCUT2D eigenvalue weighted by Gasteiger charge is 2.28. The molecule has 0 bridgehead atoms. The molecule has 2 N–H and O–H groups in total. The number of aryl methyl sites for hydroxylation is 1. The van der Waals surface area contributed by atoms with Crippen molar-refractivity contribution in [2.45, 2.75) is 20.3 Å². The Morgan fingerprint density at radius 2 is 1.74 bits per heavy atom. The van der Waals surface area contributed by atoms with E-state index in [-0.39, 0.29) is 11.1 Å². The highest BCUT2D eigenvalue weighted by atomic mass is 16.5. The summed E-state index contributed by atoms with van der Waals surface area (Å²) >= 11 is 0. The first-order valence-corrected chi connectivity index (χ1v) is 5.56. The lowest BCUT2D eigenvalue weighted by molar-refractivity contribution is 0.0568. The summed E-state index contributed by atoms with van der Waals surface area (Å²) in [6.45, 7) is 3.32. The van der Waals surface area contributed by atoms with E-state index < -0.39 is 23.5 Å². The number of methoxy groups -OCH3 is 1. The van der Waals surface area contributed by atoms with Gasteiger partial charge in [-0.1, -0.05) is 6.92 Å². The molecule has 0 aromatic heterocycles. The Balaban J connectivity index is 3.83. The molecule has 0 atom stereocenters. The molecule has 1 rings (SSSR count). The van der Waals surface area contributed by atoms with Crippen molar-refractivity contribution in [3.8, 4) is 0 Å². The van der Waals surface area contributed by atoms with Crippen LogP contribution in [0, 0.1) is 6.92 Å². The zero-order chi connectivity index (χ0) is 14.7. The Bertz CT molecular complexity index is 559. The van der Waals surface area contributed by atoms with Crippen molar-refractivity contribution in [3.63, 3.8) is 0 Å². The quantitative estimate of drug-likeness (QED) is 0.805. The number of hydrogen-bond acceptors (Lipinski definition) is 4. The van der Waals surface area contributed by atoms with Crippen LogP contribution >= 0.6 is 0 Å². The molecular formula is C13H14O6. The second-order valence-electron chi connectivity index (χ2n) is 3.91. The average molecular weight is 266 g/mol. The van der Waals surface area contributed by atoms with E-state index in [1.807, 2.05) is 0 Å². The lowest BCUT2D eigenvalue weighted by Gasteiger charge is -2.14. The first-order chi connectivity index (χ1) is 8.84. The maximum absolute atomic E-state index is 11.7. The van der Waals surface area contributed by atoms with E-state index in [1.54, 1.807) is 13.8 Å². The minimum absolute atomic E-state index is 0.316. The van der Waals surface area contributed by atoms with Crippen LogP contribution in [0.15, 0.2) is 6.07 Å². The third-order valence-electron chi connectivity index (χ3n) is 2.91. The first-order valence-electron chi connectivity index (χ1n) is 5.56. The molecule has 0 aliphatic carbocycles. The maximum atomic E-state index is 11.7. The van der Waals surface area contributed by atoms with Crippen molar-refractivity contribution < 1.29 is 29.3 Å². The van der Waals surface area contributed by atoms with Gasteiger partial charge >= 0.3 is 17.9 Å². The summed E-state index contributed by atoms with van der Waals surface area (Å²) < 4.78 is 4.48. The number of benzene rings is 1. The van der Waals surface area contributed by atoms with Crippen LogP contribution in [0.5, 0.6) is 0 Å². The molecule has 0 saturated heterocycles. The minimum Gasteiger partial charge on any atom is -0.478 e. The van der Waals surface area contributed by atoms with E-state index in [9.17, 15) is 19.5 Å². The van der Waals surface area contributed by atoms with E-state index in [0.29, 0.717) is 17.5 Å². The summed E-state index contributed by atoms with van der Waals surface area (Å²) in [5, 5.41) is 18.3. The summed E-state index contributed by atoms with van der Waals surface area (Å²) in [6.07, 6.45) is 0.466. The van der Waals surface area contributed by atoms with Crippen molar-refractivity contribution in [1.82, 2.24) is 0 Å². The van der Waals surface area contributed by atoms with Gasteiger partial charge in [0.25, 0.3) is 0 Å². The molecule has 1 aromatic carbocycles. The standard InChI is InChI=1S/C13H14O6/c1-4-7-5-8(11(14)15)10(13(18)19-3)9(6(7)2)12(16)17/h5H,4H2,1-3H3,(H,14,15)(H,16,17). The fourth-order valence-electron chi connectivity index (χ4n) is 1.95. The zero-order valence-electron chi connectivity index (χ0n) is 10.8. The van der Waals surface area contributed by atoms with Crippen LogP contribution in [-0.2, 0) is 11.2 Å². The molecule has 0 unspecified atom stereocenters. The van der Waals surface area contributed by atoms with Crippen molar-refractivity contribution >= 4 is 17.9 Å². The molecule has 6 heteroatoms. The van der Waals surface area contributed by atoms with Gasteiger partial charge in [0.2, 0.25) is 0 Å². The highest BCUT2D eigenvalue weighted by molar-refractivity contribution is 6.10. The Kier molecular flexibility index (Phi) is 4.26. The molecule has 0 aliphatic heterocycles. The Morgan fingerprint density at radius 1 is 1.16 bits per heavy atom. The monoisotopic (exact) mass is 266 g/mol. The fourth-order valence-corrected chi connectivity index (χ4v) is 1.95. The second kappa shape index (κ2) is 5.51. The number of rotatable bonds is 4. The van der Waals surface area contributed by atoms with Gasteiger partial charge in [-0.15, -0.1) is 0 Å². The number of hydrogen-bond donors (Lipinski definition) is 2. The number of esters is 1. The zero-order valence-corrected chi connectivity index (χ0v) is 10.8. The number of carbonyl (C=O) groups excluding carboxylic acids is 1. The third-order valence-corrected chi connectivity index (χ3v) is 2.91. The van der Waals surface area contributed by atoms with Crippen LogP contribution in [0.2, 0.25) is 0 Å². The summed E-state index contributed by atoms with van der Waals surface area (Å²) in [7, 11) is 1.07. The van der Waals surface area contributed by atoms with Gasteiger partial charge in [-0.3, -0.25) is 0 Å². The van der Waals surface area contributed by atoms with Crippen LogP contribution in [0.25, 0.3) is 0 Å². The van der Waals surface area contributed by atoms with Crippen molar-refractivity contribution in [3.05, 3.63) is 33.9 Å². The minimum atomic E-state index is -1.36. The lowest BCUT2D eigenvalue weighted by atomic mass is 9.91. The van der Waals surface area contributed by atoms with Gasteiger partial charge in [0, 0.05) is 0 Å². The molecule has 0 fully saturated rings. The predicted octanol–water partition coefficient (Wildman–Crippen LogP) is 1.74. The Morgan fingerprint density at radius 3 is 2.11 bits per heavy atom. The normalized spacial score (nSPS) is 10.1. The maximum Gasteiger partial charge on any atom is 0.339 e. The van der Waals surface area contributed by atoms with E-state index >= 15 is 0 Å². The Hall–Kier alpha value is -2.37. The molecule has 102 valence electrons. The Labute approximate surface area is 109 Å². The third kappa shape index (κ3) is 2.57. The predicted molar refractivity (Wildman–Crippen MR) is 65.8 cm³/mol. The second-order valence-corrected chi connectivity index (χ2v) is 3.91. The lowest BCUT2D eigenvalue weighted by Crippen LogP contribution is -2.19. The van der Waals surface area contributed by atoms with Crippen LogP contribution in [0.4, 0.5) is 0 Å². The molecule has 0 radical (unpaired) electrons. The van der Waals surface area contributed by atoms with Gasteiger partial charge < -0.3 is 14.9 Å². The molecule has 1 aromatic rings. The average Bonchev–Trinajstić information content (AvgIpc) is 2.36. The molecule has 0 aliphatic rings. The van der Waals surface area contributed by atoms with Gasteiger partial charge in [0.15, 0.2) is 0 Å². The van der Waals surface area contributed by atoms with Crippen LogP contribution in [-0.4, -0.2) is 35.2 Å². The van der Waals surface area contributed by atoms with Gasteiger partial charge in [-0.25, -0.2) is 14.4 Å². The molecule has 0 saturated carbocycles. The molecule has 19 heavy (non-hydrogen) atoms. The van der Waals surface area contributed by atoms with E-state index in [2.05, 4.69) is 4.74 Å². The number of ether oxygens (including phenoxy) is 1. The van der Waals surface area contributed by atoms with Crippen LogP contribution in [0.1, 0.15) is 49.1 Å². The van der Waals surface area contributed by atoms with Gasteiger partial charge in [-0.05, 0) is 30.5 Å². The van der Waals surface area contributed by atoms with E-state index in [1.165, 1.54) is 6.07 Å². The molecular weight excluding hydrogens is 252 g/mol. The van der Waals surface area contributed by atoms with Gasteiger partial charge in [0.1, 0.15) is 0 Å². The number of carbonyl (C=O) groups is 3. The molecule has 0 heterocycles. The van der Waals surface area contributed by atoms with E-state index in [0.717, 1.165) is 7.11 Å². The summed E-state index contributed by atoms with van der Waals surface area (Å²) in [4.78, 5) is 34.2. The first kappa shape index (κ1) is 14.7. The topological polar surface area (TPSA) is 101 Å². The number of aromatic carboxylic acids is 2. The largest absolute Gasteiger partial charge is 0.478 e. The fraction of sp³-hybridized carbons (Fsp3) is 0.308. The molecule has 0 spiro atoms. The van der Waals surface area contributed by atoms with Gasteiger partial charge in [-0.2, -0.15) is 0 Å². The summed E-state index contributed by atoms with van der Waals surface area (Å²) in [6, 6.07) is 1.32. The van der Waals surface area contributed by atoms with Crippen LogP contribution < -0.4 is 0 Å².